The zero-order valence-corrected chi connectivity index (χ0v) is 23.2. The van der Waals surface area contributed by atoms with E-state index in [1.54, 1.807) is 11.2 Å². The van der Waals surface area contributed by atoms with E-state index in [1.807, 2.05) is 54.6 Å². The third-order valence-corrected chi connectivity index (χ3v) is 8.93. The maximum Gasteiger partial charge on any atom is 0.235 e. The summed E-state index contributed by atoms with van der Waals surface area (Å²) in [5.74, 6) is 1.38. The predicted molar refractivity (Wildman–Crippen MR) is 155 cm³/mol. The van der Waals surface area contributed by atoms with Crippen LogP contribution < -0.4 is 20.1 Å². The Labute approximate surface area is 231 Å². The van der Waals surface area contributed by atoms with Gasteiger partial charge in [0, 0.05) is 12.0 Å². The molecular formula is C27H34Cl2N4O3S. The Morgan fingerprint density at radius 2 is 1.78 bits per heavy atom. The number of rotatable bonds is 7. The first kappa shape index (κ1) is 29.0. The van der Waals surface area contributed by atoms with Crippen LogP contribution in [0.25, 0.3) is 10.8 Å². The third kappa shape index (κ3) is 5.98. The molecule has 10 heteroatoms. The summed E-state index contributed by atoms with van der Waals surface area (Å²) in [6.07, 6.45) is 2.81. The van der Waals surface area contributed by atoms with Crippen LogP contribution >= 0.6 is 24.8 Å². The fourth-order valence-electron chi connectivity index (χ4n) is 5.13. The fourth-order valence-corrected chi connectivity index (χ4v) is 6.47. The van der Waals surface area contributed by atoms with E-state index in [-0.39, 0.29) is 42.4 Å². The van der Waals surface area contributed by atoms with Gasteiger partial charge in [0.15, 0.2) is 0 Å². The maximum absolute atomic E-state index is 13.2. The van der Waals surface area contributed by atoms with Gasteiger partial charge in [-0.2, -0.15) is 0 Å². The minimum atomic E-state index is -3.49. The summed E-state index contributed by atoms with van der Waals surface area (Å²) in [6, 6.07) is 17.1. The number of nitrogen functional groups attached to an aromatic ring is 1. The maximum atomic E-state index is 13.2. The number of nitrogens with two attached hydrogens (primary N) is 1. The number of nitrogens with zero attached hydrogens (tertiary/aromatic N) is 1. The molecule has 1 saturated heterocycles. The van der Waals surface area contributed by atoms with Gasteiger partial charge < -0.3 is 15.8 Å². The lowest BCUT2D eigenvalue weighted by Crippen LogP contribution is -2.33. The van der Waals surface area contributed by atoms with Crippen LogP contribution in [-0.4, -0.2) is 39.7 Å². The Morgan fingerprint density at radius 1 is 1.05 bits per heavy atom. The minimum absolute atomic E-state index is 0. The van der Waals surface area contributed by atoms with Crippen LogP contribution in [-0.2, 0) is 16.4 Å². The number of halogens is 2. The molecule has 0 aliphatic carbocycles. The van der Waals surface area contributed by atoms with Crippen LogP contribution in [0.2, 0.25) is 0 Å². The number of hydrogen-bond donors (Lipinski definition) is 3. The van der Waals surface area contributed by atoms with E-state index in [9.17, 15) is 8.42 Å². The van der Waals surface area contributed by atoms with Gasteiger partial charge in [-0.15, -0.1) is 24.8 Å². The lowest BCUT2D eigenvalue weighted by molar-refractivity contribution is 0.215. The average molecular weight is 566 g/mol. The number of benzene rings is 3. The standard InChI is InChI=1S/C27H32N4O3S.2ClH/c1-2-35(32,33)31-25-8-7-24(34-17-18-9-11-30-12-10-18)15-23(25)16-26(31)20-5-3-19-4-6-21(27(28)29)14-22(19)13-20;;/h3-8,13-15,18,26,30H,2,9-12,16-17H2,1H3,(H3,28,29);2*1H. The largest absolute Gasteiger partial charge is 0.493 e. The predicted octanol–water partition coefficient (Wildman–Crippen LogP) is 4.80. The number of hydrogen-bond acceptors (Lipinski definition) is 5. The molecule has 4 N–H and O–H groups in total. The van der Waals surface area contributed by atoms with Crippen LogP contribution in [0, 0.1) is 11.3 Å². The highest BCUT2D eigenvalue weighted by Crippen LogP contribution is 2.44. The van der Waals surface area contributed by atoms with Gasteiger partial charge in [0.25, 0.3) is 0 Å². The highest BCUT2D eigenvalue weighted by molar-refractivity contribution is 7.92. The van der Waals surface area contributed by atoms with E-state index in [0.717, 1.165) is 59.3 Å². The number of nitrogens with one attached hydrogen (secondary N) is 2. The monoisotopic (exact) mass is 564 g/mol. The second kappa shape index (κ2) is 11.9. The highest BCUT2D eigenvalue weighted by Gasteiger charge is 2.38. The molecule has 5 rings (SSSR count). The first-order chi connectivity index (χ1) is 16.9. The first-order valence-corrected chi connectivity index (χ1v) is 13.8. The van der Waals surface area contributed by atoms with E-state index < -0.39 is 10.0 Å². The second-order valence-corrected chi connectivity index (χ2v) is 11.6. The summed E-state index contributed by atoms with van der Waals surface area (Å²) >= 11 is 0. The number of fused-ring (bicyclic) bond motifs is 2. The molecule has 1 unspecified atom stereocenters. The zero-order valence-electron chi connectivity index (χ0n) is 20.8. The molecule has 1 fully saturated rings. The van der Waals surface area contributed by atoms with Gasteiger partial charge in [-0.3, -0.25) is 9.71 Å². The average Bonchev–Trinajstić information content (AvgIpc) is 3.27. The molecule has 2 aliphatic heterocycles. The van der Waals surface area contributed by atoms with Gasteiger partial charge in [-0.25, -0.2) is 8.42 Å². The van der Waals surface area contributed by atoms with Gasteiger partial charge in [0.2, 0.25) is 10.0 Å². The van der Waals surface area contributed by atoms with Crippen LogP contribution in [0.1, 0.15) is 42.5 Å². The SMILES string of the molecule is CCS(=O)(=O)N1c2ccc(OCC3CCNCC3)cc2CC1c1ccc2ccc(C(=N)N)cc2c1.Cl.Cl. The molecule has 0 amide bonds. The van der Waals surface area contributed by atoms with Crippen molar-refractivity contribution in [2.45, 2.75) is 32.2 Å². The molecule has 1 atom stereocenters. The molecule has 37 heavy (non-hydrogen) atoms. The van der Waals surface area contributed by atoms with E-state index in [1.165, 1.54) is 0 Å². The molecule has 0 saturated carbocycles. The van der Waals surface area contributed by atoms with Gasteiger partial charge in [0.05, 0.1) is 24.1 Å². The molecule has 3 aromatic carbocycles. The zero-order chi connectivity index (χ0) is 24.6. The molecule has 0 spiro atoms. The number of ether oxygens (including phenoxy) is 1. The summed E-state index contributed by atoms with van der Waals surface area (Å²) in [5, 5.41) is 13.1. The van der Waals surface area contributed by atoms with E-state index in [4.69, 9.17) is 15.9 Å². The number of anilines is 1. The fraction of sp³-hybridized carbons (Fsp3) is 0.370. The normalized spacial score (nSPS) is 17.5. The quantitative estimate of drug-likeness (QED) is 0.282. The minimum Gasteiger partial charge on any atom is -0.493 e. The van der Waals surface area contributed by atoms with Crippen molar-refractivity contribution >= 4 is 57.1 Å². The molecule has 7 nitrogen and oxygen atoms in total. The van der Waals surface area contributed by atoms with Gasteiger partial charge in [0.1, 0.15) is 11.6 Å². The van der Waals surface area contributed by atoms with E-state index in [0.29, 0.717) is 24.5 Å². The highest BCUT2D eigenvalue weighted by atomic mass is 35.5. The lowest BCUT2D eigenvalue weighted by atomic mass is 9.98. The van der Waals surface area contributed by atoms with E-state index in [2.05, 4.69) is 5.32 Å². The smallest absolute Gasteiger partial charge is 0.235 e. The summed E-state index contributed by atoms with van der Waals surface area (Å²) in [7, 11) is -3.49. The van der Waals surface area contributed by atoms with Crippen molar-refractivity contribution in [3.05, 3.63) is 71.3 Å². The van der Waals surface area contributed by atoms with Gasteiger partial charge in [-0.05, 0) is 91.0 Å². The van der Waals surface area contributed by atoms with Crippen molar-refractivity contribution in [1.82, 2.24) is 5.32 Å². The van der Waals surface area contributed by atoms with Crippen molar-refractivity contribution in [3.63, 3.8) is 0 Å². The van der Waals surface area contributed by atoms with Crippen molar-refractivity contribution < 1.29 is 13.2 Å². The number of piperidine rings is 1. The van der Waals surface area contributed by atoms with Crippen LogP contribution in [0.4, 0.5) is 5.69 Å². The Hall–Kier alpha value is -2.52. The first-order valence-electron chi connectivity index (χ1n) is 12.2. The topological polar surface area (TPSA) is 109 Å². The van der Waals surface area contributed by atoms with Crippen LogP contribution in [0.5, 0.6) is 5.75 Å². The lowest BCUT2D eigenvalue weighted by Gasteiger charge is -2.27. The molecule has 2 aliphatic rings. The molecule has 0 radical (unpaired) electrons. The number of amidine groups is 1. The molecule has 2 heterocycles. The van der Waals surface area contributed by atoms with Crippen molar-refractivity contribution in [3.8, 4) is 5.75 Å². The second-order valence-electron chi connectivity index (χ2n) is 9.45. The third-order valence-electron chi connectivity index (χ3n) is 7.15. The Morgan fingerprint density at radius 3 is 2.49 bits per heavy atom. The Kier molecular flexibility index (Phi) is 9.34. The van der Waals surface area contributed by atoms with Crippen molar-refractivity contribution in [1.29, 1.82) is 5.41 Å². The summed E-state index contributed by atoms with van der Waals surface area (Å²) in [6.45, 7) is 4.43. The number of sulfonamides is 1. The van der Waals surface area contributed by atoms with Gasteiger partial charge in [-0.1, -0.05) is 24.3 Å². The van der Waals surface area contributed by atoms with Gasteiger partial charge >= 0.3 is 0 Å². The Bertz CT molecular complexity index is 1380. The molecule has 200 valence electrons. The molecular weight excluding hydrogens is 531 g/mol. The Balaban J connectivity index is 0.00000190. The molecule has 3 aromatic rings. The van der Waals surface area contributed by atoms with Crippen molar-refractivity contribution in [2.24, 2.45) is 11.7 Å². The van der Waals surface area contributed by atoms with Crippen LogP contribution in [0.15, 0.2) is 54.6 Å². The molecule has 0 bridgehead atoms. The van der Waals surface area contributed by atoms with Crippen LogP contribution in [0.3, 0.4) is 0 Å². The molecule has 0 aromatic heterocycles. The summed E-state index contributed by atoms with van der Waals surface area (Å²) in [5.41, 5.74) is 8.96. The summed E-state index contributed by atoms with van der Waals surface area (Å²) < 4.78 is 34.1. The van der Waals surface area contributed by atoms with E-state index >= 15 is 0 Å². The van der Waals surface area contributed by atoms with Crippen molar-refractivity contribution in [2.75, 3.05) is 29.8 Å². The summed E-state index contributed by atoms with van der Waals surface area (Å²) in [4.78, 5) is 0.